The maximum Gasteiger partial charge on any atom is 0.0659 e. The van der Waals surface area contributed by atoms with Crippen LogP contribution in [-0.4, -0.2) is 69.3 Å². The molecule has 1 saturated heterocycles. The van der Waals surface area contributed by atoms with E-state index in [0.29, 0.717) is 6.61 Å². The Bertz CT molecular complexity index is 179. The van der Waals surface area contributed by atoms with E-state index in [1.54, 1.807) is 0 Å². The van der Waals surface area contributed by atoms with E-state index in [1.165, 1.54) is 6.42 Å². The standard InChI is InChI=1S/C11H25N3O/c1-13(2)6-4-7-14(3)9-11(12)5-8-15-10-11/h4-10,12H2,1-3H3. The van der Waals surface area contributed by atoms with Crippen molar-refractivity contribution in [3.63, 3.8) is 0 Å². The fourth-order valence-corrected chi connectivity index (χ4v) is 2.02. The Morgan fingerprint density at radius 1 is 1.27 bits per heavy atom. The fourth-order valence-electron chi connectivity index (χ4n) is 2.02. The molecule has 1 heterocycles. The fraction of sp³-hybridized carbons (Fsp3) is 1.00. The minimum Gasteiger partial charge on any atom is -0.379 e. The zero-order valence-electron chi connectivity index (χ0n) is 10.3. The van der Waals surface area contributed by atoms with Gasteiger partial charge >= 0.3 is 0 Å². The lowest BCUT2D eigenvalue weighted by molar-refractivity contribution is 0.160. The van der Waals surface area contributed by atoms with Crippen molar-refractivity contribution in [2.75, 3.05) is 54.0 Å². The lowest BCUT2D eigenvalue weighted by Gasteiger charge is -2.28. The van der Waals surface area contributed by atoms with Crippen LogP contribution in [0.3, 0.4) is 0 Å². The summed E-state index contributed by atoms with van der Waals surface area (Å²) in [6.45, 7) is 4.73. The van der Waals surface area contributed by atoms with E-state index in [0.717, 1.165) is 32.7 Å². The zero-order chi connectivity index (χ0) is 11.3. The molecule has 4 nitrogen and oxygen atoms in total. The van der Waals surface area contributed by atoms with Gasteiger partial charge in [-0.25, -0.2) is 0 Å². The van der Waals surface area contributed by atoms with E-state index in [2.05, 4.69) is 30.9 Å². The number of hydrogen-bond acceptors (Lipinski definition) is 4. The van der Waals surface area contributed by atoms with Crippen LogP contribution in [0.2, 0.25) is 0 Å². The molecule has 15 heavy (non-hydrogen) atoms. The molecule has 0 amide bonds. The minimum absolute atomic E-state index is 0.104. The summed E-state index contributed by atoms with van der Waals surface area (Å²) in [5, 5.41) is 0. The highest BCUT2D eigenvalue weighted by Gasteiger charge is 2.31. The van der Waals surface area contributed by atoms with Gasteiger partial charge in [0.1, 0.15) is 0 Å². The Morgan fingerprint density at radius 2 is 2.00 bits per heavy atom. The van der Waals surface area contributed by atoms with E-state index in [4.69, 9.17) is 10.5 Å². The van der Waals surface area contributed by atoms with Crippen molar-refractivity contribution in [3.05, 3.63) is 0 Å². The first-order valence-corrected chi connectivity index (χ1v) is 5.72. The molecule has 1 aliphatic heterocycles. The molecule has 0 spiro atoms. The van der Waals surface area contributed by atoms with Gasteiger partial charge in [0.15, 0.2) is 0 Å². The van der Waals surface area contributed by atoms with Crippen molar-refractivity contribution < 1.29 is 4.74 Å². The Kier molecular flexibility index (Phi) is 4.99. The molecule has 1 unspecified atom stereocenters. The predicted octanol–water partition coefficient (Wildman–Crippen LogP) is -0.0123. The molecule has 2 N–H and O–H groups in total. The van der Waals surface area contributed by atoms with E-state index < -0.39 is 0 Å². The second-order valence-electron chi connectivity index (χ2n) is 5.06. The Hall–Kier alpha value is -0.160. The maximum atomic E-state index is 6.21. The molecule has 0 saturated carbocycles. The summed E-state index contributed by atoms with van der Waals surface area (Å²) in [7, 11) is 6.35. The summed E-state index contributed by atoms with van der Waals surface area (Å²) in [4.78, 5) is 4.53. The third kappa shape index (κ3) is 4.93. The van der Waals surface area contributed by atoms with Crippen molar-refractivity contribution in [1.82, 2.24) is 9.80 Å². The van der Waals surface area contributed by atoms with Crippen LogP contribution < -0.4 is 5.73 Å². The van der Waals surface area contributed by atoms with Gasteiger partial charge in [-0.1, -0.05) is 0 Å². The molecule has 4 heteroatoms. The molecule has 0 bridgehead atoms. The molecule has 1 rings (SSSR count). The van der Waals surface area contributed by atoms with E-state index in [9.17, 15) is 0 Å². The summed E-state index contributed by atoms with van der Waals surface area (Å²) < 4.78 is 5.34. The molecule has 0 aliphatic carbocycles. The molecule has 0 radical (unpaired) electrons. The van der Waals surface area contributed by atoms with Gasteiger partial charge in [-0.15, -0.1) is 0 Å². The summed E-state index contributed by atoms with van der Waals surface area (Å²) in [5.41, 5.74) is 6.11. The van der Waals surface area contributed by atoms with E-state index in [1.807, 2.05) is 0 Å². The molecule has 1 fully saturated rings. The van der Waals surface area contributed by atoms with Crippen molar-refractivity contribution in [2.45, 2.75) is 18.4 Å². The molecular weight excluding hydrogens is 190 g/mol. The lowest BCUT2D eigenvalue weighted by atomic mass is 10.00. The second kappa shape index (κ2) is 5.80. The Morgan fingerprint density at radius 3 is 2.53 bits per heavy atom. The van der Waals surface area contributed by atoms with Crippen LogP contribution in [-0.2, 0) is 4.74 Å². The van der Waals surface area contributed by atoms with Crippen LogP contribution >= 0.6 is 0 Å². The van der Waals surface area contributed by atoms with E-state index in [-0.39, 0.29) is 5.54 Å². The first-order valence-electron chi connectivity index (χ1n) is 5.72. The lowest BCUT2D eigenvalue weighted by Crippen LogP contribution is -2.50. The topological polar surface area (TPSA) is 41.7 Å². The van der Waals surface area contributed by atoms with Gasteiger partial charge in [0.25, 0.3) is 0 Å². The first-order chi connectivity index (χ1) is 7.02. The van der Waals surface area contributed by atoms with Gasteiger partial charge in [0, 0.05) is 13.2 Å². The smallest absolute Gasteiger partial charge is 0.0659 e. The minimum atomic E-state index is -0.104. The van der Waals surface area contributed by atoms with Gasteiger partial charge in [-0.05, 0) is 47.1 Å². The predicted molar refractivity (Wildman–Crippen MR) is 63.0 cm³/mol. The Labute approximate surface area is 93.4 Å². The maximum absolute atomic E-state index is 6.21. The van der Waals surface area contributed by atoms with Crippen molar-refractivity contribution >= 4 is 0 Å². The number of likely N-dealkylation sites (N-methyl/N-ethyl adjacent to an activating group) is 1. The number of ether oxygens (including phenoxy) is 1. The summed E-state index contributed by atoms with van der Waals surface area (Å²) >= 11 is 0. The molecule has 90 valence electrons. The van der Waals surface area contributed by atoms with Crippen LogP contribution in [0.4, 0.5) is 0 Å². The molecule has 0 aromatic rings. The van der Waals surface area contributed by atoms with Crippen LogP contribution in [0.25, 0.3) is 0 Å². The third-order valence-electron chi connectivity index (χ3n) is 2.86. The third-order valence-corrected chi connectivity index (χ3v) is 2.86. The highest BCUT2D eigenvalue weighted by molar-refractivity contribution is 4.90. The number of nitrogens with two attached hydrogens (primary N) is 1. The zero-order valence-corrected chi connectivity index (χ0v) is 10.3. The molecule has 0 aromatic heterocycles. The summed E-state index contributed by atoms with van der Waals surface area (Å²) in [5.74, 6) is 0. The number of nitrogens with zero attached hydrogens (tertiary/aromatic N) is 2. The van der Waals surface area contributed by atoms with Crippen LogP contribution in [0.5, 0.6) is 0 Å². The van der Waals surface area contributed by atoms with Crippen LogP contribution in [0, 0.1) is 0 Å². The highest BCUT2D eigenvalue weighted by Crippen LogP contribution is 2.16. The van der Waals surface area contributed by atoms with Gasteiger partial charge < -0.3 is 20.3 Å². The second-order valence-corrected chi connectivity index (χ2v) is 5.06. The highest BCUT2D eigenvalue weighted by atomic mass is 16.5. The van der Waals surface area contributed by atoms with E-state index >= 15 is 0 Å². The van der Waals surface area contributed by atoms with Gasteiger partial charge in [-0.2, -0.15) is 0 Å². The van der Waals surface area contributed by atoms with Crippen LogP contribution in [0.15, 0.2) is 0 Å². The molecule has 1 aliphatic rings. The first kappa shape index (κ1) is 12.9. The molecular formula is C11H25N3O. The summed E-state index contributed by atoms with van der Waals surface area (Å²) in [6.07, 6.45) is 2.19. The van der Waals surface area contributed by atoms with Gasteiger partial charge in [0.05, 0.1) is 12.1 Å². The molecule has 1 atom stereocenters. The van der Waals surface area contributed by atoms with Crippen LogP contribution in [0.1, 0.15) is 12.8 Å². The quantitative estimate of drug-likeness (QED) is 0.676. The van der Waals surface area contributed by atoms with Crippen molar-refractivity contribution in [3.8, 4) is 0 Å². The van der Waals surface area contributed by atoms with Crippen molar-refractivity contribution in [2.24, 2.45) is 5.73 Å². The normalized spacial score (nSPS) is 26.8. The van der Waals surface area contributed by atoms with Gasteiger partial charge in [0.2, 0.25) is 0 Å². The summed E-state index contributed by atoms with van der Waals surface area (Å²) in [6, 6.07) is 0. The molecule has 0 aromatic carbocycles. The van der Waals surface area contributed by atoms with Crippen molar-refractivity contribution in [1.29, 1.82) is 0 Å². The average molecular weight is 215 g/mol. The van der Waals surface area contributed by atoms with Gasteiger partial charge in [-0.3, -0.25) is 0 Å². The SMILES string of the molecule is CN(C)CCCN(C)CC1(N)CCOC1. The number of rotatable bonds is 6. The average Bonchev–Trinajstić information content (AvgIpc) is 2.50. The Balaban J connectivity index is 2.14. The monoisotopic (exact) mass is 215 g/mol. The number of hydrogen-bond donors (Lipinski definition) is 1. The largest absolute Gasteiger partial charge is 0.379 e.